The van der Waals surface area contributed by atoms with Gasteiger partial charge in [-0.15, -0.1) is 0 Å². The summed E-state index contributed by atoms with van der Waals surface area (Å²) in [7, 11) is 0. The SMILES string of the molecule is CC(Nc1ncnc2nc[nH]c12)c1cc2cccc(Cl)c2c(OCCN2CCOCC2)n1. The minimum absolute atomic E-state index is 0.138. The lowest BCUT2D eigenvalue weighted by molar-refractivity contribution is 0.0321. The molecule has 1 unspecified atom stereocenters. The number of rotatable bonds is 7. The highest BCUT2D eigenvalue weighted by atomic mass is 35.5. The van der Waals surface area contributed by atoms with Crippen LogP contribution in [0.5, 0.6) is 5.88 Å². The van der Waals surface area contributed by atoms with E-state index in [0.29, 0.717) is 29.0 Å². The number of benzene rings is 1. The smallest absolute Gasteiger partial charge is 0.223 e. The molecular weight excluding hydrogens is 430 g/mol. The number of aromatic nitrogens is 5. The number of pyridine rings is 1. The summed E-state index contributed by atoms with van der Waals surface area (Å²) in [6.07, 6.45) is 3.10. The molecular formula is C22H24ClN7O2. The Labute approximate surface area is 190 Å². The fraction of sp³-hybridized carbons (Fsp3) is 0.364. The van der Waals surface area contributed by atoms with Crippen molar-refractivity contribution in [1.82, 2.24) is 29.8 Å². The van der Waals surface area contributed by atoms with Gasteiger partial charge < -0.3 is 19.8 Å². The number of aromatic amines is 1. The van der Waals surface area contributed by atoms with Crippen LogP contribution in [0, 0.1) is 0 Å². The van der Waals surface area contributed by atoms with E-state index in [1.54, 1.807) is 6.33 Å². The Hall–Kier alpha value is -3.01. The third-order valence-corrected chi connectivity index (χ3v) is 5.88. The number of anilines is 1. The fourth-order valence-electron chi connectivity index (χ4n) is 3.83. The number of imidazole rings is 1. The summed E-state index contributed by atoms with van der Waals surface area (Å²) in [6, 6.07) is 7.70. The zero-order chi connectivity index (χ0) is 21.9. The number of hydrogen-bond acceptors (Lipinski definition) is 8. The number of halogens is 1. The first-order valence-corrected chi connectivity index (χ1v) is 11.0. The van der Waals surface area contributed by atoms with Crippen molar-refractivity contribution in [2.75, 3.05) is 44.8 Å². The molecule has 10 heteroatoms. The number of nitrogens with zero attached hydrogens (tertiary/aromatic N) is 5. The highest BCUT2D eigenvalue weighted by Gasteiger charge is 2.17. The second kappa shape index (κ2) is 9.23. The molecule has 5 rings (SSSR count). The van der Waals surface area contributed by atoms with Crippen molar-refractivity contribution in [2.24, 2.45) is 0 Å². The van der Waals surface area contributed by atoms with Gasteiger partial charge in [0.15, 0.2) is 11.5 Å². The first kappa shape index (κ1) is 20.9. The Bertz CT molecular complexity index is 1230. The van der Waals surface area contributed by atoms with Crippen LogP contribution in [-0.4, -0.2) is 69.3 Å². The summed E-state index contributed by atoms with van der Waals surface area (Å²) in [5, 5.41) is 5.83. The van der Waals surface area contributed by atoms with E-state index < -0.39 is 0 Å². The van der Waals surface area contributed by atoms with E-state index in [1.165, 1.54) is 6.33 Å². The van der Waals surface area contributed by atoms with Gasteiger partial charge >= 0.3 is 0 Å². The molecule has 1 aromatic carbocycles. The topological polar surface area (TPSA) is 101 Å². The van der Waals surface area contributed by atoms with Gasteiger partial charge in [0.25, 0.3) is 0 Å². The quantitative estimate of drug-likeness (QED) is 0.439. The summed E-state index contributed by atoms with van der Waals surface area (Å²) >= 11 is 6.51. The van der Waals surface area contributed by atoms with Gasteiger partial charge in [-0.05, 0) is 24.4 Å². The van der Waals surface area contributed by atoms with E-state index in [-0.39, 0.29) is 6.04 Å². The molecule has 1 fully saturated rings. The summed E-state index contributed by atoms with van der Waals surface area (Å²) in [6.45, 7) is 6.73. The maximum Gasteiger partial charge on any atom is 0.223 e. The van der Waals surface area contributed by atoms with Crippen LogP contribution >= 0.6 is 11.6 Å². The zero-order valence-electron chi connectivity index (χ0n) is 17.7. The second-order valence-corrected chi connectivity index (χ2v) is 8.09. The predicted octanol–water partition coefficient (Wildman–Crippen LogP) is 3.44. The Morgan fingerprint density at radius 1 is 1.25 bits per heavy atom. The summed E-state index contributed by atoms with van der Waals surface area (Å²) in [5.41, 5.74) is 2.19. The highest BCUT2D eigenvalue weighted by Crippen LogP contribution is 2.33. The number of morpholine rings is 1. The second-order valence-electron chi connectivity index (χ2n) is 7.68. The zero-order valence-corrected chi connectivity index (χ0v) is 18.5. The first-order chi connectivity index (χ1) is 15.7. The van der Waals surface area contributed by atoms with Crippen molar-refractivity contribution < 1.29 is 9.47 Å². The predicted molar refractivity (Wildman–Crippen MR) is 123 cm³/mol. The lowest BCUT2D eigenvalue weighted by atomic mass is 10.1. The van der Waals surface area contributed by atoms with E-state index in [9.17, 15) is 0 Å². The van der Waals surface area contributed by atoms with E-state index in [4.69, 9.17) is 26.1 Å². The third kappa shape index (κ3) is 4.32. The van der Waals surface area contributed by atoms with Gasteiger partial charge in [0.05, 0.1) is 41.7 Å². The van der Waals surface area contributed by atoms with Crippen LogP contribution < -0.4 is 10.1 Å². The monoisotopic (exact) mass is 453 g/mol. The average Bonchev–Trinajstić information content (AvgIpc) is 3.30. The van der Waals surface area contributed by atoms with Crippen molar-refractivity contribution in [2.45, 2.75) is 13.0 Å². The van der Waals surface area contributed by atoms with E-state index in [1.807, 2.05) is 31.2 Å². The van der Waals surface area contributed by atoms with Crippen LogP contribution in [0.4, 0.5) is 5.82 Å². The molecule has 3 aromatic heterocycles. The van der Waals surface area contributed by atoms with E-state index >= 15 is 0 Å². The van der Waals surface area contributed by atoms with Crippen LogP contribution in [0.1, 0.15) is 18.7 Å². The molecule has 0 aliphatic carbocycles. The maximum atomic E-state index is 6.51. The van der Waals surface area contributed by atoms with Crippen molar-refractivity contribution in [1.29, 1.82) is 0 Å². The molecule has 4 aromatic rings. The molecule has 0 radical (unpaired) electrons. The fourth-order valence-corrected chi connectivity index (χ4v) is 4.09. The molecule has 1 atom stereocenters. The number of H-pyrrole nitrogens is 1. The summed E-state index contributed by atoms with van der Waals surface area (Å²) in [4.78, 5) is 22.9. The molecule has 0 spiro atoms. The molecule has 1 aliphatic heterocycles. The standard InChI is InChI=1S/C22H24ClN7O2/c1-14(28-21-19-20(25-12-24-19)26-13-27-21)17-11-15-3-2-4-16(23)18(15)22(29-17)32-10-7-30-5-8-31-9-6-30/h2-4,11-14H,5-10H2,1H3,(H2,24,25,26,27,28). The molecule has 4 heterocycles. The Kier molecular flexibility index (Phi) is 6.02. The van der Waals surface area contributed by atoms with Gasteiger partial charge in [-0.25, -0.2) is 19.9 Å². The number of ether oxygens (including phenoxy) is 2. The van der Waals surface area contributed by atoms with Gasteiger partial charge in [0.2, 0.25) is 5.88 Å². The summed E-state index contributed by atoms with van der Waals surface area (Å²) in [5.74, 6) is 1.21. The van der Waals surface area contributed by atoms with Crippen molar-refractivity contribution >= 4 is 39.4 Å². The molecule has 32 heavy (non-hydrogen) atoms. The number of fused-ring (bicyclic) bond motifs is 2. The first-order valence-electron chi connectivity index (χ1n) is 10.6. The van der Waals surface area contributed by atoms with Crippen LogP contribution in [0.25, 0.3) is 21.9 Å². The molecule has 0 amide bonds. The lowest BCUT2D eigenvalue weighted by Crippen LogP contribution is -2.38. The third-order valence-electron chi connectivity index (χ3n) is 5.56. The molecule has 9 nitrogen and oxygen atoms in total. The maximum absolute atomic E-state index is 6.51. The summed E-state index contributed by atoms with van der Waals surface area (Å²) < 4.78 is 11.6. The normalized spacial score (nSPS) is 15.8. The van der Waals surface area contributed by atoms with E-state index in [0.717, 1.165) is 54.8 Å². The molecule has 1 aliphatic rings. The minimum atomic E-state index is -0.138. The van der Waals surface area contributed by atoms with Crippen molar-refractivity contribution in [3.63, 3.8) is 0 Å². The van der Waals surface area contributed by atoms with Gasteiger partial charge in [-0.2, -0.15) is 0 Å². The van der Waals surface area contributed by atoms with Gasteiger partial charge in [-0.3, -0.25) is 4.90 Å². The molecule has 2 N–H and O–H groups in total. The van der Waals surface area contributed by atoms with Crippen molar-refractivity contribution in [3.8, 4) is 5.88 Å². The largest absolute Gasteiger partial charge is 0.476 e. The van der Waals surface area contributed by atoms with Crippen LogP contribution in [0.3, 0.4) is 0 Å². The van der Waals surface area contributed by atoms with Gasteiger partial charge in [-0.1, -0.05) is 23.7 Å². The number of hydrogen-bond donors (Lipinski definition) is 2. The lowest BCUT2D eigenvalue weighted by Gasteiger charge is -2.26. The van der Waals surface area contributed by atoms with Crippen molar-refractivity contribution in [3.05, 3.63) is 47.6 Å². The number of nitrogens with one attached hydrogen (secondary N) is 2. The molecule has 0 saturated carbocycles. The van der Waals surface area contributed by atoms with E-state index in [2.05, 4.69) is 30.2 Å². The van der Waals surface area contributed by atoms with Crippen LogP contribution in [-0.2, 0) is 4.74 Å². The minimum Gasteiger partial charge on any atom is -0.476 e. The average molecular weight is 454 g/mol. The Morgan fingerprint density at radius 3 is 3.00 bits per heavy atom. The Balaban J connectivity index is 1.40. The Morgan fingerprint density at radius 2 is 2.12 bits per heavy atom. The molecule has 0 bridgehead atoms. The highest BCUT2D eigenvalue weighted by molar-refractivity contribution is 6.36. The molecule has 166 valence electrons. The van der Waals surface area contributed by atoms with Gasteiger partial charge in [0, 0.05) is 19.6 Å². The van der Waals surface area contributed by atoms with Crippen LogP contribution in [0.15, 0.2) is 36.9 Å². The molecule has 1 saturated heterocycles. The van der Waals surface area contributed by atoms with Gasteiger partial charge in [0.1, 0.15) is 18.5 Å². The van der Waals surface area contributed by atoms with Crippen LogP contribution in [0.2, 0.25) is 5.02 Å².